The number of nitrogens with one attached hydrogen (secondary N) is 1. The molecule has 2 unspecified atom stereocenters. The highest BCUT2D eigenvalue weighted by molar-refractivity contribution is 5.29. The van der Waals surface area contributed by atoms with Crippen molar-refractivity contribution in [1.82, 2.24) is 10.2 Å². The highest BCUT2D eigenvalue weighted by Crippen LogP contribution is 2.27. The van der Waals surface area contributed by atoms with Gasteiger partial charge < -0.3 is 21.1 Å². The van der Waals surface area contributed by atoms with Gasteiger partial charge in [-0.05, 0) is 90.7 Å². The molecular weight excluding hydrogens is 490 g/mol. The number of β-amino-alcohol motifs (C(OH)–C–C–N with tert-alkyl or cyclic N) is 1. The quantitative estimate of drug-likeness (QED) is 0.219. The lowest BCUT2D eigenvalue weighted by Crippen LogP contribution is -2.43. The standard InChI is InChI=1S/C36H59N3O/c1-35(2,3)31-17-13-28(14-18-31)11-9-7-8-10-12-34(30-15-19-32(20-16-30)36(4,5)6)38-26-29-21-23-39(24-22-29)27-33(40)25-37/h13-20,29,33-34,38,40H,7-12,21-27,37H2,1-6H3. The van der Waals surface area contributed by atoms with Crippen LogP contribution in [0, 0.1) is 5.92 Å². The van der Waals surface area contributed by atoms with E-state index in [2.05, 4.69) is 100 Å². The number of hydrogen-bond acceptors (Lipinski definition) is 4. The maximum Gasteiger partial charge on any atom is 0.0789 e. The molecule has 1 fully saturated rings. The van der Waals surface area contributed by atoms with Crippen LogP contribution in [0.15, 0.2) is 48.5 Å². The third-order valence-corrected chi connectivity index (χ3v) is 8.81. The second kappa shape index (κ2) is 15.5. The molecule has 4 nitrogen and oxygen atoms in total. The van der Waals surface area contributed by atoms with Gasteiger partial charge in [0.05, 0.1) is 6.10 Å². The fourth-order valence-corrected chi connectivity index (χ4v) is 5.86. The third kappa shape index (κ3) is 10.9. The molecule has 0 radical (unpaired) electrons. The van der Waals surface area contributed by atoms with Crippen molar-refractivity contribution in [3.63, 3.8) is 0 Å². The lowest BCUT2D eigenvalue weighted by Gasteiger charge is -2.34. The summed E-state index contributed by atoms with van der Waals surface area (Å²) in [6, 6.07) is 19.1. The number of nitrogens with two attached hydrogens (primary N) is 1. The van der Waals surface area contributed by atoms with E-state index in [-0.39, 0.29) is 10.8 Å². The SMILES string of the molecule is CC(C)(C)c1ccc(CCCCCCC(NCC2CCN(CC(O)CN)CC2)c2ccc(C(C)(C)C)cc2)cc1. The van der Waals surface area contributed by atoms with E-state index in [9.17, 15) is 5.11 Å². The molecule has 0 spiro atoms. The zero-order chi connectivity index (χ0) is 29.2. The number of hydrogen-bond donors (Lipinski definition) is 3. The van der Waals surface area contributed by atoms with E-state index < -0.39 is 6.10 Å². The maximum atomic E-state index is 9.90. The third-order valence-electron chi connectivity index (χ3n) is 8.81. The maximum absolute atomic E-state index is 9.90. The lowest BCUT2D eigenvalue weighted by atomic mass is 9.86. The number of benzene rings is 2. The van der Waals surface area contributed by atoms with Gasteiger partial charge in [-0.25, -0.2) is 0 Å². The normalized spacial score (nSPS) is 17.2. The topological polar surface area (TPSA) is 61.5 Å². The summed E-state index contributed by atoms with van der Waals surface area (Å²) in [6.45, 7) is 18.0. The Hall–Kier alpha value is -1.72. The van der Waals surface area contributed by atoms with Crippen molar-refractivity contribution in [2.45, 2.75) is 116 Å². The van der Waals surface area contributed by atoms with Gasteiger partial charge in [0.15, 0.2) is 0 Å². The number of aryl methyl sites for hydroxylation is 1. The Bertz CT molecular complexity index is 963. The van der Waals surface area contributed by atoms with E-state index >= 15 is 0 Å². The van der Waals surface area contributed by atoms with Gasteiger partial charge in [-0.3, -0.25) is 0 Å². The van der Waals surface area contributed by atoms with Crippen LogP contribution in [0.2, 0.25) is 0 Å². The van der Waals surface area contributed by atoms with E-state index in [1.165, 1.54) is 73.6 Å². The summed E-state index contributed by atoms with van der Waals surface area (Å²) in [5.74, 6) is 0.701. The molecular formula is C36H59N3O. The average Bonchev–Trinajstić information content (AvgIpc) is 2.92. The smallest absolute Gasteiger partial charge is 0.0789 e. The molecule has 0 saturated carbocycles. The van der Waals surface area contributed by atoms with E-state index in [0.717, 1.165) is 19.6 Å². The van der Waals surface area contributed by atoms with Gasteiger partial charge in [0.1, 0.15) is 0 Å². The summed E-state index contributed by atoms with van der Waals surface area (Å²) in [7, 11) is 0. The molecule has 0 bridgehead atoms. The Kier molecular flexibility index (Phi) is 12.7. The Morgan fingerprint density at radius 3 is 1.93 bits per heavy atom. The zero-order valence-electron chi connectivity index (χ0n) is 26.5. The van der Waals surface area contributed by atoms with Crippen molar-refractivity contribution >= 4 is 0 Å². The second-order valence-electron chi connectivity index (χ2n) is 14.4. The largest absolute Gasteiger partial charge is 0.390 e. The van der Waals surface area contributed by atoms with E-state index in [1.807, 2.05) is 0 Å². The van der Waals surface area contributed by atoms with Gasteiger partial charge in [-0.2, -0.15) is 0 Å². The first-order valence-corrected chi connectivity index (χ1v) is 16.0. The van der Waals surface area contributed by atoms with Gasteiger partial charge >= 0.3 is 0 Å². The van der Waals surface area contributed by atoms with Crippen LogP contribution >= 0.6 is 0 Å². The van der Waals surface area contributed by atoms with Gasteiger partial charge in [-0.15, -0.1) is 0 Å². The number of piperidine rings is 1. The molecule has 1 aliphatic heterocycles. The van der Waals surface area contributed by atoms with Crippen LogP contribution in [0.4, 0.5) is 0 Å². The summed E-state index contributed by atoms with van der Waals surface area (Å²) >= 11 is 0. The number of rotatable bonds is 14. The average molecular weight is 550 g/mol. The number of likely N-dealkylation sites (tertiary alicyclic amines) is 1. The first-order valence-electron chi connectivity index (χ1n) is 16.0. The fourth-order valence-electron chi connectivity index (χ4n) is 5.86. The van der Waals surface area contributed by atoms with Crippen molar-refractivity contribution in [2.75, 3.05) is 32.7 Å². The molecule has 2 aromatic carbocycles. The predicted molar refractivity (Wildman–Crippen MR) is 172 cm³/mol. The van der Waals surface area contributed by atoms with Gasteiger partial charge in [0, 0.05) is 19.1 Å². The zero-order valence-corrected chi connectivity index (χ0v) is 26.5. The highest BCUT2D eigenvalue weighted by atomic mass is 16.3. The Labute approximate surface area is 246 Å². The van der Waals surface area contributed by atoms with Crippen molar-refractivity contribution in [3.8, 4) is 0 Å². The van der Waals surface area contributed by atoms with Crippen LogP contribution < -0.4 is 11.1 Å². The number of aliphatic hydroxyl groups excluding tert-OH is 1. The Morgan fingerprint density at radius 2 is 1.38 bits per heavy atom. The molecule has 2 aromatic rings. The summed E-state index contributed by atoms with van der Waals surface area (Å²) < 4.78 is 0. The molecule has 4 N–H and O–H groups in total. The second-order valence-corrected chi connectivity index (χ2v) is 14.4. The number of unbranched alkanes of at least 4 members (excludes halogenated alkanes) is 3. The van der Waals surface area contributed by atoms with E-state index in [4.69, 9.17) is 5.73 Å². The molecule has 224 valence electrons. The first kappa shape index (κ1) is 32.8. The number of nitrogens with zero attached hydrogens (tertiary/aromatic N) is 1. The molecule has 0 amide bonds. The van der Waals surface area contributed by atoms with Crippen molar-refractivity contribution in [1.29, 1.82) is 0 Å². The fraction of sp³-hybridized carbons (Fsp3) is 0.667. The molecule has 2 atom stereocenters. The minimum Gasteiger partial charge on any atom is -0.390 e. The van der Waals surface area contributed by atoms with E-state index in [1.54, 1.807) is 0 Å². The van der Waals surface area contributed by atoms with Crippen molar-refractivity contribution in [2.24, 2.45) is 11.7 Å². The van der Waals surface area contributed by atoms with Crippen LogP contribution in [0.3, 0.4) is 0 Å². The van der Waals surface area contributed by atoms with Gasteiger partial charge in [0.2, 0.25) is 0 Å². The molecule has 1 aliphatic rings. The minimum atomic E-state index is -0.399. The van der Waals surface area contributed by atoms with Crippen LogP contribution in [-0.4, -0.2) is 48.8 Å². The molecule has 1 saturated heterocycles. The van der Waals surface area contributed by atoms with Crippen molar-refractivity contribution in [3.05, 3.63) is 70.8 Å². The summed E-state index contributed by atoms with van der Waals surface area (Å²) in [4.78, 5) is 2.37. The van der Waals surface area contributed by atoms with Gasteiger partial charge in [0.25, 0.3) is 0 Å². The number of aliphatic hydroxyl groups is 1. The first-order chi connectivity index (χ1) is 19.0. The monoisotopic (exact) mass is 549 g/mol. The molecule has 3 rings (SSSR count). The van der Waals surface area contributed by atoms with Crippen LogP contribution in [0.25, 0.3) is 0 Å². The Morgan fingerprint density at radius 1 is 0.825 bits per heavy atom. The molecule has 0 aromatic heterocycles. The van der Waals surface area contributed by atoms with E-state index in [0.29, 0.717) is 25.0 Å². The molecule has 0 aliphatic carbocycles. The van der Waals surface area contributed by atoms with Crippen LogP contribution in [-0.2, 0) is 17.3 Å². The molecule has 4 heteroatoms. The molecule has 40 heavy (non-hydrogen) atoms. The van der Waals surface area contributed by atoms with Crippen LogP contribution in [0.1, 0.15) is 115 Å². The highest BCUT2D eigenvalue weighted by Gasteiger charge is 2.22. The summed E-state index contributed by atoms with van der Waals surface area (Å²) in [5, 5.41) is 13.9. The lowest BCUT2D eigenvalue weighted by molar-refractivity contribution is 0.0933. The minimum absolute atomic E-state index is 0.181. The van der Waals surface area contributed by atoms with Crippen LogP contribution in [0.5, 0.6) is 0 Å². The predicted octanol–water partition coefficient (Wildman–Crippen LogP) is 7.14. The van der Waals surface area contributed by atoms with Gasteiger partial charge in [-0.1, -0.05) is 109 Å². The Balaban J connectivity index is 1.47. The molecule has 1 heterocycles. The summed E-state index contributed by atoms with van der Waals surface area (Å²) in [6.07, 6.45) is 9.47. The van der Waals surface area contributed by atoms with Crippen molar-refractivity contribution < 1.29 is 5.11 Å². The summed E-state index contributed by atoms with van der Waals surface area (Å²) in [5.41, 5.74) is 11.7.